The topological polar surface area (TPSA) is 54.6 Å². The van der Waals surface area contributed by atoms with E-state index >= 15 is 0 Å². The number of hydrogen-bond acceptors (Lipinski definition) is 5. The van der Waals surface area contributed by atoms with Gasteiger partial charge in [0.1, 0.15) is 12.4 Å². The molecule has 1 atom stereocenters. The highest BCUT2D eigenvalue weighted by Crippen LogP contribution is 2.29. The van der Waals surface area contributed by atoms with Crippen LogP contribution in [0.4, 0.5) is 13.2 Å². The Balaban J connectivity index is 1.94. The monoisotopic (exact) mass is 299 g/mol. The predicted octanol–water partition coefficient (Wildman–Crippen LogP) is 2.00. The minimum Gasteiger partial charge on any atom is -0.467 e. The number of alkyl halides is 3. The number of furan rings is 1. The Morgan fingerprint density at radius 3 is 2.89 bits per heavy atom. The lowest BCUT2D eigenvalue weighted by Crippen LogP contribution is -2.32. The molecular weight excluding hydrogens is 283 g/mol. The molecule has 1 aromatic rings. The maximum atomic E-state index is 11.8. The van der Waals surface area contributed by atoms with E-state index in [0.29, 0.717) is 5.76 Å². The standard InChI is InChI=1S/C11H16F3NO3S/c12-11(13,14)19-5-3-15-6-9(16)7-17-8-10-2-1-4-18-10/h1-2,4,9,15-16H,3,5-8H2. The van der Waals surface area contributed by atoms with E-state index in [1.54, 1.807) is 12.1 Å². The van der Waals surface area contributed by atoms with Gasteiger partial charge in [-0.15, -0.1) is 0 Å². The lowest BCUT2D eigenvalue weighted by Gasteiger charge is -2.12. The zero-order valence-corrected chi connectivity index (χ0v) is 11.0. The smallest absolute Gasteiger partial charge is 0.441 e. The Morgan fingerprint density at radius 1 is 1.47 bits per heavy atom. The summed E-state index contributed by atoms with van der Waals surface area (Å²) in [5.41, 5.74) is -4.20. The molecule has 0 saturated carbocycles. The van der Waals surface area contributed by atoms with Crippen molar-refractivity contribution in [3.63, 3.8) is 0 Å². The van der Waals surface area contributed by atoms with E-state index in [-0.39, 0.29) is 43.8 Å². The van der Waals surface area contributed by atoms with E-state index < -0.39 is 11.6 Å². The van der Waals surface area contributed by atoms with Crippen molar-refractivity contribution in [2.24, 2.45) is 0 Å². The second-order valence-corrected chi connectivity index (χ2v) is 4.91. The van der Waals surface area contributed by atoms with Crippen molar-refractivity contribution in [2.75, 3.05) is 25.4 Å². The number of hydrogen-bond donors (Lipinski definition) is 2. The summed E-state index contributed by atoms with van der Waals surface area (Å²) in [6.45, 7) is 0.726. The molecule has 1 heterocycles. The van der Waals surface area contributed by atoms with Gasteiger partial charge in [0.25, 0.3) is 0 Å². The van der Waals surface area contributed by atoms with Crippen LogP contribution in [0, 0.1) is 0 Å². The maximum Gasteiger partial charge on any atom is 0.441 e. The SMILES string of the molecule is OC(CNCCSC(F)(F)F)COCc1ccco1. The summed E-state index contributed by atoms with van der Waals surface area (Å²) in [5, 5.41) is 12.2. The fraction of sp³-hybridized carbons (Fsp3) is 0.636. The Bertz CT molecular complexity index is 332. The first-order valence-electron chi connectivity index (χ1n) is 5.67. The van der Waals surface area contributed by atoms with Gasteiger partial charge in [-0.2, -0.15) is 13.2 Å². The van der Waals surface area contributed by atoms with Gasteiger partial charge in [0.15, 0.2) is 0 Å². The summed E-state index contributed by atoms with van der Waals surface area (Å²) >= 11 is -0.0864. The van der Waals surface area contributed by atoms with Crippen LogP contribution in [0.15, 0.2) is 22.8 Å². The van der Waals surface area contributed by atoms with E-state index in [4.69, 9.17) is 9.15 Å². The molecule has 1 aromatic heterocycles. The Morgan fingerprint density at radius 2 is 2.26 bits per heavy atom. The van der Waals surface area contributed by atoms with Gasteiger partial charge in [-0.3, -0.25) is 0 Å². The molecule has 2 N–H and O–H groups in total. The fourth-order valence-electron chi connectivity index (χ4n) is 1.26. The lowest BCUT2D eigenvalue weighted by molar-refractivity contribution is -0.0327. The van der Waals surface area contributed by atoms with Crippen LogP contribution in [0.3, 0.4) is 0 Å². The Kier molecular flexibility index (Phi) is 7.29. The van der Waals surface area contributed by atoms with Crippen LogP contribution in [0.2, 0.25) is 0 Å². The first kappa shape index (κ1) is 16.4. The minimum atomic E-state index is -4.20. The average Bonchev–Trinajstić information content (AvgIpc) is 2.80. The molecule has 110 valence electrons. The van der Waals surface area contributed by atoms with E-state index in [0.717, 1.165) is 0 Å². The quantitative estimate of drug-likeness (QED) is 0.683. The van der Waals surface area contributed by atoms with Crippen LogP contribution in [-0.4, -0.2) is 42.2 Å². The molecule has 0 spiro atoms. The van der Waals surface area contributed by atoms with E-state index in [2.05, 4.69) is 5.32 Å². The van der Waals surface area contributed by atoms with Crippen LogP contribution in [0.1, 0.15) is 5.76 Å². The summed E-state index contributed by atoms with van der Waals surface area (Å²) in [5.74, 6) is 0.574. The average molecular weight is 299 g/mol. The number of thioether (sulfide) groups is 1. The molecule has 4 nitrogen and oxygen atoms in total. The second-order valence-electron chi connectivity index (χ2n) is 3.75. The molecule has 0 fully saturated rings. The fourth-order valence-corrected chi connectivity index (χ4v) is 1.73. The summed E-state index contributed by atoms with van der Waals surface area (Å²) in [6.07, 6.45) is 0.764. The summed E-state index contributed by atoms with van der Waals surface area (Å²) in [4.78, 5) is 0. The Labute approximate surface area is 113 Å². The Hall–Kier alpha value is -0.700. The van der Waals surface area contributed by atoms with Crippen molar-refractivity contribution in [1.29, 1.82) is 0 Å². The first-order valence-corrected chi connectivity index (χ1v) is 6.65. The molecule has 8 heteroatoms. The first-order chi connectivity index (χ1) is 8.97. The van der Waals surface area contributed by atoms with Crippen LogP contribution in [-0.2, 0) is 11.3 Å². The molecular formula is C11H16F3NO3S. The van der Waals surface area contributed by atoms with Gasteiger partial charge in [-0.05, 0) is 23.9 Å². The third-order valence-electron chi connectivity index (χ3n) is 2.06. The van der Waals surface area contributed by atoms with Crippen LogP contribution in [0.5, 0.6) is 0 Å². The van der Waals surface area contributed by atoms with Gasteiger partial charge in [0.05, 0.1) is 19.0 Å². The van der Waals surface area contributed by atoms with Gasteiger partial charge >= 0.3 is 5.51 Å². The molecule has 0 aliphatic heterocycles. The summed E-state index contributed by atoms with van der Waals surface area (Å²) in [7, 11) is 0. The van der Waals surface area contributed by atoms with E-state index in [1.165, 1.54) is 6.26 Å². The molecule has 0 radical (unpaired) electrons. The summed E-state index contributed by atoms with van der Waals surface area (Å²) in [6, 6.07) is 3.48. The number of aliphatic hydroxyl groups is 1. The van der Waals surface area contributed by atoms with Gasteiger partial charge in [0.2, 0.25) is 0 Å². The molecule has 19 heavy (non-hydrogen) atoms. The number of halogens is 3. The molecule has 0 amide bonds. The largest absolute Gasteiger partial charge is 0.467 e. The highest BCUT2D eigenvalue weighted by atomic mass is 32.2. The third kappa shape index (κ3) is 8.93. The molecule has 0 bridgehead atoms. The molecule has 0 aromatic carbocycles. The van der Waals surface area contributed by atoms with E-state index in [1.807, 2.05) is 0 Å². The van der Waals surface area contributed by atoms with Gasteiger partial charge in [-0.25, -0.2) is 0 Å². The predicted molar refractivity (Wildman–Crippen MR) is 65.8 cm³/mol. The van der Waals surface area contributed by atoms with Crippen molar-refractivity contribution < 1.29 is 27.4 Å². The third-order valence-corrected chi connectivity index (χ3v) is 2.79. The minimum absolute atomic E-state index is 0.0799. The van der Waals surface area contributed by atoms with Crippen molar-refractivity contribution in [2.45, 2.75) is 18.2 Å². The zero-order valence-electron chi connectivity index (χ0n) is 10.2. The lowest BCUT2D eigenvalue weighted by atomic mass is 10.4. The van der Waals surface area contributed by atoms with Crippen LogP contribution >= 0.6 is 11.8 Å². The van der Waals surface area contributed by atoms with Crippen molar-refractivity contribution >= 4 is 11.8 Å². The van der Waals surface area contributed by atoms with Crippen molar-refractivity contribution in [3.8, 4) is 0 Å². The highest BCUT2D eigenvalue weighted by molar-refractivity contribution is 8.00. The maximum absolute atomic E-state index is 11.8. The van der Waals surface area contributed by atoms with Gasteiger partial charge in [0, 0.05) is 18.8 Å². The number of rotatable bonds is 9. The van der Waals surface area contributed by atoms with Crippen molar-refractivity contribution in [1.82, 2.24) is 5.32 Å². The second kappa shape index (κ2) is 8.47. The molecule has 1 rings (SSSR count). The van der Waals surface area contributed by atoms with Gasteiger partial charge < -0.3 is 19.6 Å². The number of ether oxygens (including phenoxy) is 1. The molecule has 1 unspecified atom stereocenters. The summed E-state index contributed by atoms with van der Waals surface area (Å²) < 4.78 is 45.6. The normalized spacial score (nSPS) is 13.7. The molecule has 0 aliphatic rings. The van der Waals surface area contributed by atoms with Gasteiger partial charge in [-0.1, -0.05) is 0 Å². The van der Waals surface area contributed by atoms with Crippen molar-refractivity contribution in [3.05, 3.63) is 24.2 Å². The molecule has 0 saturated heterocycles. The van der Waals surface area contributed by atoms with Crippen LogP contribution < -0.4 is 5.32 Å². The zero-order chi connectivity index (χ0) is 14.1. The highest BCUT2D eigenvalue weighted by Gasteiger charge is 2.27. The van der Waals surface area contributed by atoms with Crippen LogP contribution in [0.25, 0.3) is 0 Å². The van der Waals surface area contributed by atoms with E-state index in [9.17, 15) is 18.3 Å². The number of aliphatic hydroxyl groups excluding tert-OH is 1. The molecule has 0 aliphatic carbocycles. The number of nitrogens with one attached hydrogen (secondary N) is 1.